The van der Waals surface area contributed by atoms with Crippen LogP contribution in [0, 0.1) is 0 Å². The van der Waals surface area contributed by atoms with Crippen molar-refractivity contribution in [2.24, 2.45) is 0 Å². The highest BCUT2D eigenvalue weighted by Crippen LogP contribution is 2.17. The zero-order valence-electron chi connectivity index (χ0n) is 16.4. The van der Waals surface area contributed by atoms with Gasteiger partial charge in [0.2, 0.25) is 5.91 Å². The highest BCUT2D eigenvalue weighted by Gasteiger charge is 2.15. The van der Waals surface area contributed by atoms with E-state index < -0.39 is 0 Å². The van der Waals surface area contributed by atoms with Crippen molar-refractivity contribution in [2.75, 3.05) is 43.1 Å². The number of rotatable bonds is 7. The first-order valence-electron chi connectivity index (χ1n) is 10.3. The van der Waals surface area contributed by atoms with E-state index in [1.807, 2.05) is 12.1 Å². The number of hydrogen-bond acceptors (Lipinski definition) is 5. The van der Waals surface area contributed by atoms with Gasteiger partial charge in [0.1, 0.15) is 5.82 Å². The molecule has 1 aliphatic heterocycles. The van der Waals surface area contributed by atoms with Crippen LogP contribution < -0.4 is 20.9 Å². The molecule has 2 fully saturated rings. The van der Waals surface area contributed by atoms with E-state index in [0.717, 1.165) is 31.7 Å². The maximum Gasteiger partial charge on any atom is 0.315 e. The Hall–Kier alpha value is -2.35. The Labute approximate surface area is 166 Å². The Morgan fingerprint density at radius 2 is 1.93 bits per heavy atom. The minimum atomic E-state index is -0.129. The summed E-state index contributed by atoms with van der Waals surface area (Å²) in [5.74, 6) is 0.824. The van der Waals surface area contributed by atoms with Crippen LogP contribution in [0.15, 0.2) is 18.3 Å². The molecule has 1 aliphatic carbocycles. The normalized spacial score (nSPS) is 17.8. The summed E-state index contributed by atoms with van der Waals surface area (Å²) in [5, 5.41) is 8.70. The minimum Gasteiger partial charge on any atom is -0.378 e. The van der Waals surface area contributed by atoms with Crippen molar-refractivity contribution in [1.82, 2.24) is 15.6 Å². The molecule has 0 unspecified atom stereocenters. The van der Waals surface area contributed by atoms with Crippen LogP contribution in [0.1, 0.15) is 44.9 Å². The number of carbonyl (C=O) groups excluding carboxylic acids is 2. The second-order valence-corrected chi connectivity index (χ2v) is 7.39. The molecule has 154 valence electrons. The van der Waals surface area contributed by atoms with Gasteiger partial charge in [0, 0.05) is 32.1 Å². The summed E-state index contributed by atoms with van der Waals surface area (Å²) in [7, 11) is 0. The SMILES string of the molecule is O=C(CCCNC(=O)NC1CCCCC1)Nc1ccc(N2CCOCC2)nc1. The van der Waals surface area contributed by atoms with Crippen molar-refractivity contribution in [1.29, 1.82) is 0 Å². The quantitative estimate of drug-likeness (QED) is 0.622. The highest BCUT2D eigenvalue weighted by atomic mass is 16.5. The largest absolute Gasteiger partial charge is 0.378 e. The molecule has 2 heterocycles. The predicted octanol–water partition coefficient (Wildman–Crippen LogP) is 2.27. The number of nitrogens with zero attached hydrogens (tertiary/aromatic N) is 2. The van der Waals surface area contributed by atoms with Crippen LogP contribution in [0.3, 0.4) is 0 Å². The van der Waals surface area contributed by atoms with Gasteiger partial charge in [-0.15, -0.1) is 0 Å². The summed E-state index contributed by atoms with van der Waals surface area (Å²) >= 11 is 0. The van der Waals surface area contributed by atoms with Crippen LogP contribution in [-0.4, -0.2) is 55.8 Å². The van der Waals surface area contributed by atoms with Gasteiger partial charge >= 0.3 is 6.03 Å². The molecule has 0 atom stereocenters. The second kappa shape index (κ2) is 10.8. The lowest BCUT2D eigenvalue weighted by Gasteiger charge is -2.27. The Morgan fingerprint density at radius 1 is 1.14 bits per heavy atom. The molecule has 1 saturated carbocycles. The van der Waals surface area contributed by atoms with Crippen LogP contribution in [0.5, 0.6) is 0 Å². The topological polar surface area (TPSA) is 95.6 Å². The molecule has 0 bridgehead atoms. The second-order valence-electron chi connectivity index (χ2n) is 7.39. The van der Waals surface area contributed by atoms with Crippen LogP contribution in [-0.2, 0) is 9.53 Å². The number of nitrogens with one attached hydrogen (secondary N) is 3. The Morgan fingerprint density at radius 3 is 2.64 bits per heavy atom. The molecule has 3 N–H and O–H groups in total. The Kier molecular flexibility index (Phi) is 7.90. The van der Waals surface area contributed by atoms with E-state index in [1.54, 1.807) is 6.20 Å². The third kappa shape index (κ3) is 6.67. The smallest absolute Gasteiger partial charge is 0.315 e. The molecule has 2 aliphatic rings. The maximum absolute atomic E-state index is 12.1. The monoisotopic (exact) mass is 389 g/mol. The number of pyridine rings is 1. The molecular formula is C20H31N5O3. The van der Waals surface area contributed by atoms with Gasteiger partial charge in [0.25, 0.3) is 0 Å². The summed E-state index contributed by atoms with van der Waals surface area (Å²) in [6, 6.07) is 3.95. The molecule has 1 aromatic heterocycles. The first-order chi connectivity index (χ1) is 13.7. The van der Waals surface area contributed by atoms with E-state index >= 15 is 0 Å². The van der Waals surface area contributed by atoms with E-state index in [0.29, 0.717) is 44.3 Å². The number of aromatic nitrogens is 1. The van der Waals surface area contributed by atoms with Gasteiger partial charge in [-0.3, -0.25) is 4.79 Å². The van der Waals surface area contributed by atoms with Gasteiger partial charge < -0.3 is 25.6 Å². The lowest BCUT2D eigenvalue weighted by atomic mass is 9.96. The van der Waals surface area contributed by atoms with E-state index in [-0.39, 0.29) is 11.9 Å². The molecule has 8 heteroatoms. The van der Waals surface area contributed by atoms with E-state index in [4.69, 9.17) is 4.74 Å². The van der Waals surface area contributed by atoms with Crippen LogP contribution in [0.4, 0.5) is 16.3 Å². The third-order valence-corrected chi connectivity index (χ3v) is 5.17. The number of ether oxygens (including phenoxy) is 1. The summed E-state index contributed by atoms with van der Waals surface area (Å²) in [5.41, 5.74) is 0.685. The van der Waals surface area contributed by atoms with Gasteiger partial charge in [-0.25, -0.2) is 9.78 Å². The number of urea groups is 1. The summed E-state index contributed by atoms with van der Waals surface area (Å²) < 4.78 is 5.34. The number of amides is 3. The van der Waals surface area contributed by atoms with E-state index in [1.165, 1.54) is 19.3 Å². The minimum absolute atomic E-state index is 0.0737. The summed E-state index contributed by atoms with van der Waals surface area (Å²) in [4.78, 5) is 30.5. The molecule has 3 amide bonds. The zero-order valence-corrected chi connectivity index (χ0v) is 16.4. The van der Waals surface area contributed by atoms with Crippen molar-refractivity contribution < 1.29 is 14.3 Å². The fraction of sp³-hybridized carbons (Fsp3) is 0.650. The third-order valence-electron chi connectivity index (χ3n) is 5.17. The van der Waals surface area contributed by atoms with Crippen LogP contribution >= 0.6 is 0 Å². The predicted molar refractivity (Wildman–Crippen MR) is 109 cm³/mol. The van der Waals surface area contributed by atoms with Crippen molar-refractivity contribution in [3.05, 3.63) is 18.3 Å². The van der Waals surface area contributed by atoms with Gasteiger partial charge in [0.05, 0.1) is 25.1 Å². The van der Waals surface area contributed by atoms with Gasteiger partial charge in [-0.05, 0) is 31.4 Å². The van der Waals surface area contributed by atoms with Gasteiger partial charge in [-0.2, -0.15) is 0 Å². The molecule has 0 radical (unpaired) electrons. The first kappa shape index (κ1) is 20.4. The average Bonchev–Trinajstić information content (AvgIpc) is 2.73. The number of anilines is 2. The molecule has 1 aromatic rings. The first-order valence-corrected chi connectivity index (χ1v) is 10.3. The van der Waals surface area contributed by atoms with Crippen LogP contribution in [0.25, 0.3) is 0 Å². The lowest BCUT2D eigenvalue weighted by molar-refractivity contribution is -0.116. The molecular weight excluding hydrogens is 358 g/mol. The average molecular weight is 390 g/mol. The van der Waals surface area contributed by atoms with Gasteiger partial charge in [0.15, 0.2) is 0 Å². The van der Waals surface area contributed by atoms with Crippen LogP contribution in [0.2, 0.25) is 0 Å². The molecule has 28 heavy (non-hydrogen) atoms. The van der Waals surface area contributed by atoms with Crippen molar-refractivity contribution in [3.63, 3.8) is 0 Å². The standard InChI is InChI=1S/C20H31N5O3/c26-19(7-4-10-21-20(27)24-16-5-2-1-3-6-16)23-17-8-9-18(22-15-17)25-11-13-28-14-12-25/h8-9,15-16H,1-7,10-14H2,(H,23,26)(H2,21,24,27). The zero-order chi connectivity index (χ0) is 19.6. The van der Waals surface area contributed by atoms with E-state index in [2.05, 4.69) is 25.8 Å². The maximum atomic E-state index is 12.1. The number of carbonyl (C=O) groups is 2. The number of morpholine rings is 1. The summed E-state index contributed by atoms with van der Waals surface area (Å²) in [6.45, 7) is 3.58. The van der Waals surface area contributed by atoms with Crippen molar-refractivity contribution in [3.8, 4) is 0 Å². The van der Waals surface area contributed by atoms with E-state index in [9.17, 15) is 9.59 Å². The fourth-order valence-electron chi connectivity index (χ4n) is 3.60. The Balaban J connectivity index is 1.30. The highest BCUT2D eigenvalue weighted by molar-refractivity contribution is 5.90. The lowest BCUT2D eigenvalue weighted by Crippen LogP contribution is -2.43. The fourth-order valence-corrected chi connectivity index (χ4v) is 3.60. The Bertz CT molecular complexity index is 625. The number of hydrogen-bond donors (Lipinski definition) is 3. The molecule has 3 rings (SSSR count). The van der Waals surface area contributed by atoms with Crippen molar-refractivity contribution >= 4 is 23.4 Å². The van der Waals surface area contributed by atoms with Crippen molar-refractivity contribution in [2.45, 2.75) is 51.0 Å². The molecule has 8 nitrogen and oxygen atoms in total. The molecule has 1 saturated heterocycles. The molecule has 0 aromatic carbocycles. The van der Waals surface area contributed by atoms with Gasteiger partial charge in [-0.1, -0.05) is 19.3 Å². The molecule has 0 spiro atoms. The summed E-state index contributed by atoms with van der Waals surface area (Å²) in [6.07, 6.45) is 8.40.